The Morgan fingerprint density at radius 1 is 1.27 bits per heavy atom. The number of carbonyl (C=O) groups excluding carboxylic acids is 1. The lowest BCUT2D eigenvalue weighted by Crippen LogP contribution is -2.25. The maximum Gasteiger partial charge on any atom is 0.262 e. The van der Waals surface area contributed by atoms with Crippen LogP contribution in [0.2, 0.25) is 0 Å². The predicted molar refractivity (Wildman–Crippen MR) is 84.8 cm³/mol. The highest BCUT2D eigenvalue weighted by atomic mass is 16.3. The van der Waals surface area contributed by atoms with Crippen LogP contribution in [-0.4, -0.2) is 12.5 Å². The number of amides is 1. The maximum atomic E-state index is 12.0. The van der Waals surface area contributed by atoms with Crippen molar-refractivity contribution in [1.82, 2.24) is 5.32 Å². The number of carbonyl (C=O) groups is 1. The summed E-state index contributed by atoms with van der Waals surface area (Å²) in [5, 5.41) is 11.8. The molecule has 1 amide bonds. The van der Waals surface area contributed by atoms with E-state index >= 15 is 0 Å². The molecule has 0 fully saturated rings. The van der Waals surface area contributed by atoms with Gasteiger partial charge in [0, 0.05) is 12.6 Å². The zero-order valence-corrected chi connectivity index (χ0v) is 12.5. The topological polar surface area (TPSA) is 66.0 Å². The molecule has 0 aliphatic rings. The number of nitrogens with one attached hydrogen (secondary N) is 1. The SMILES string of the molecule is Cc1ccc(/C=C(/C#N)C(=O)NCCCc2ccccc2)o1. The van der Waals surface area contributed by atoms with Gasteiger partial charge in [-0.15, -0.1) is 0 Å². The lowest BCUT2D eigenvalue weighted by Gasteiger charge is -2.04. The van der Waals surface area contributed by atoms with Gasteiger partial charge in [-0.3, -0.25) is 4.79 Å². The van der Waals surface area contributed by atoms with E-state index in [0.717, 1.165) is 18.6 Å². The van der Waals surface area contributed by atoms with Gasteiger partial charge in [0.05, 0.1) is 0 Å². The minimum atomic E-state index is -0.371. The van der Waals surface area contributed by atoms with Gasteiger partial charge in [0.25, 0.3) is 5.91 Å². The minimum Gasteiger partial charge on any atom is -0.462 e. The first-order chi connectivity index (χ1) is 10.7. The van der Waals surface area contributed by atoms with Gasteiger partial charge >= 0.3 is 0 Å². The van der Waals surface area contributed by atoms with Gasteiger partial charge in [0.1, 0.15) is 23.2 Å². The summed E-state index contributed by atoms with van der Waals surface area (Å²) in [6.45, 7) is 2.34. The van der Waals surface area contributed by atoms with Crippen LogP contribution in [0.25, 0.3) is 6.08 Å². The van der Waals surface area contributed by atoms with Crippen LogP contribution >= 0.6 is 0 Å². The Morgan fingerprint density at radius 2 is 2.05 bits per heavy atom. The highest BCUT2D eigenvalue weighted by Gasteiger charge is 2.09. The number of hydrogen-bond donors (Lipinski definition) is 1. The zero-order chi connectivity index (χ0) is 15.8. The molecule has 112 valence electrons. The van der Waals surface area contributed by atoms with Crippen molar-refractivity contribution in [3.63, 3.8) is 0 Å². The summed E-state index contributed by atoms with van der Waals surface area (Å²) in [6.07, 6.45) is 3.18. The van der Waals surface area contributed by atoms with Gasteiger partial charge in [-0.1, -0.05) is 30.3 Å². The standard InChI is InChI=1S/C18H18N2O2/c1-14-9-10-17(22-14)12-16(13-19)18(21)20-11-5-8-15-6-3-2-4-7-15/h2-4,6-7,9-10,12H,5,8,11H2,1H3,(H,20,21)/b16-12-. The first kappa shape index (κ1) is 15.6. The average Bonchev–Trinajstić information content (AvgIpc) is 2.95. The fourth-order valence-corrected chi connectivity index (χ4v) is 2.06. The molecule has 4 nitrogen and oxygen atoms in total. The van der Waals surface area contributed by atoms with Gasteiger partial charge in [0.15, 0.2) is 0 Å². The molecule has 2 rings (SSSR count). The lowest BCUT2D eigenvalue weighted by atomic mass is 10.1. The summed E-state index contributed by atoms with van der Waals surface area (Å²) in [6, 6.07) is 15.5. The average molecular weight is 294 g/mol. The molecule has 0 unspecified atom stereocenters. The Kier molecular flexibility index (Phi) is 5.56. The Hall–Kier alpha value is -2.80. The third kappa shape index (κ3) is 4.64. The molecule has 0 saturated carbocycles. The van der Waals surface area contributed by atoms with Crippen LogP contribution in [0.4, 0.5) is 0 Å². The van der Waals surface area contributed by atoms with Gasteiger partial charge in [-0.25, -0.2) is 0 Å². The third-order valence-electron chi connectivity index (χ3n) is 3.18. The van der Waals surface area contributed by atoms with Crippen LogP contribution in [0.3, 0.4) is 0 Å². The van der Waals surface area contributed by atoms with E-state index in [-0.39, 0.29) is 11.5 Å². The van der Waals surface area contributed by atoms with Crippen molar-refractivity contribution in [2.24, 2.45) is 0 Å². The van der Waals surface area contributed by atoms with Crippen molar-refractivity contribution in [1.29, 1.82) is 5.26 Å². The number of hydrogen-bond acceptors (Lipinski definition) is 3. The van der Waals surface area contributed by atoms with E-state index in [1.807, 2.05) is 31.2 Å². The molecule has 0 saturated heterocycles. The molecule has 4 heteroatoms. The monoisotopic (exact) mass is 294 g/mol. The molecular formula is C18H18N2O2. The molecular weight excluding hydrogens is 276 g/mol. The van der Waals surface area contributed by atoms with Crippen molar-refractivity contribution < 1.29 is 9.21 Å². The number of furan rings is 1. The Morgan fingerprint density at radius 3 is 2.68 bits per heavy atom. The van der Waals surface area contributed by atoms with Crippen LogP contribution in [0, 0.1) is 18.3 Å². The first-order valence-electron chi connectivity index (χ1n) is 7.19. The van der Waals surface area contributed by atoms with Gasteiger partial charge < -0.3 is 9.73 Å². The second-order valence-electron chi connectivity index (χ2n) is 4.96. The fraction of sp³-hybridized carbons (Fsp3) is 0.222. The molecule has 22 heavy (non-hydrogen) atoms. The minimum absolute atomic E-state index is 0.0501. The Labute approximate surface area is 130 Å². The molecule has 0 radical (unpaired) electrons. The molecule has 1 N–H and O–H groups in total. The summed E-state index contributed by atoms with van der Waals surface area (Å²) in [5.41, 5.74) is 1.29. The molecule has 0 aliphatic heterocycles. The molecule has 0 bridgehead atoms. The van der Waals surface area contributed by atoms with E-state index in [1.54, 1.807) is 12.1 Å². The number of nitriles is 1. The van der Waals surface area contributed by atoms with Crippen LogP contribution in [0.5, 0.6) is 0 Å². The van der Waals surface area contributed by atoms with Crippen LogP contribution in [-0.2, 0) is 11.2 Å². The molecule has 0 aliphatic carbocycles. The highest BCUT2D eigenvalue weighted by Crippen LogP contribution is 2.11. The molecule has 1 aromatic carbocycles. The van der Waals surface area contributed by atoms with E-state index in [4.69, 9.17) is 9.68 Å². The van der Waals surface area contributed by atoms with Crippen molar-refractivity contribution in [2.45, 2.75) is 19.8 Å². The van der Waals surface area contributed by atoms with E-state index in [1.165, 1.54) is 11.6 Å². The summed E-state index contributed by atoms with van der Waals surface area (Å²) in [4.78, 5) is 12.0. The smallest absolute Gasteiger partial charge is 0.262 e. The predicted octanol–water partition coefficient (Wildman–Crippen LogP) is 3.24. The Bertz CT molecular complexity index is 693. The summed E-state index contributed by atoms with van der Waals surface area (Å²) >= 11 is 0. The Balaban J connectivity index is 1.83. The van der Waals surface area contributed by atoms with Crippen molar-refractivity contribution >= 4 is 12.0 Å². The second kappa shape index (κ2) is 7.84. The van der Waals surface area contributed by atoms with Crippen LogP contribution < -0.4 is 5.32 Å². The van der Waals surface area contributed by atoms with E-state index < -0.39 is 0 Å². The van der Waals surface area contributed by atoms with Crippen LogP contribution in [0.15, 0.2) is 52.5 Å². The maximum absolute atomic E-state index is 12.0. The molecule has 0 spiro atoms. The van der Waals surface area contributed by atoms with Gasteiger partial charge in [-0.05, 0) is 37.5 Å². The number of aryl methyl sites for hydroxylation is 2. The fourth-order valence-electron chi connectivity index (χ4n) is 2.06. The van der Waals surface area contributed by atoms with Crippen molar-refractivity contribution in [3.8, 4) is 6.07 Å². The van der Waals surface area contributed by atoms with Crippen LogP contribution in [0.1, 0.15) is 23.5 Å². The first-order valence-corrected chi connectivity index (χ1v) is 7.19. The lowest BCUT2D eigenvalue weighted by molar-refractivity contribution is -0.117. The second-order valence-corrected chi connectivity index (χ2v) is 4.96. The zero-order valence-electron chi connectivity index (χ0n) is 12.5. The summed E-state index contributed by atoms with van der Waals surface area (Å²) in [5.74, 6) is 0.880. The molecule has 1 aromatic heterocycles. The molecule has 1 heterocycles. The third-order valence-corrected chi connectivity index (χ3v) is 3.18. The number of benzene rings is 1. The summed E-state index contributed by atoms with van der Waals surface area (Å²) < 4.78 is 5.34. The quantitative estimate of drug-likeness (QED) is 0.505. The van der Waals surface area contributed by atoms with Crippen molar-refractivity contribution in [3.05, 3.63) is 65.1 Å². The van der Waals surface area contributed by atoms with Crippen molar-refractivity contribution in [2.75, 3.05) is 6.54 Å². The summed E-state index contributed by atoms with van der Waals surface area (Å²) in [7, 11) is 0. The highest BCUT2D eigenvalue weighted by molar-refractivity contribution is 6.01. The molecule has 0 atom stereocenters. The largest absolute Gasteiger partial charge is 0.462 e. The van der Waals surface area contributed by atoms with E-state index in [9.17, 15) is 4.79 Å². The number of rotatable bonds is 6. The normalized spacial score (nSPS) is 11.0. The number of nitrogens with zero attached hydrogens (tertiary/aromatic N) is 1. The molecule has 2 aromatic rings. The van der Waals surface area contributed by atoms with E-state index in [0.29, 0.717) is 12.3 Å². The van der Waals surface area contributed by atoms with E-state index in [2.05, 4.69) is 17.4 Å². The van der Waals surface area contributed by atoms with Gasteiger partial charge in [0.2, 0.25) is 0 Å². The van der Waals surface area contributed by atoms with Gasteiger partial charge in [-0.2, -0.15) is 5.26 Å².